The molecule has 0 aliphatic carbocycles. The highest BCUT2D eigenvalue weighted by Crippen LogP contribution is 2.30. The number of halogens is 1. The molecule has 1 N–H and O–H groups in total. The normalized spacial score (nSPS) is 13.4. The molecule has 3 aromatic rings. The predicted molar refractivity (Wildman–Crippen MR) is 94.8 cm³/mol. The van der Waals surface area contributed by atoms with Gasteiger partial charge in [-0.05, 0) is 43.3 Å². The lowest BCUT2D eigenvalue weighted by Crippen LogP contribution is -2.17. The fourth-order valence-electron chi connectivity index (χ4n) is 2.94. The van der Waals surface area contributed by atoms with Crippen LogP contribution in [0.25, 0.3) is 11.0 Å². The lowest BCUT2D eigenvalue weighted by Gasteiger charge is -2.17. The van der Waals surface area contributed by atoms with E-state index >= 15 is 0 Å². The molecule has 25 heavy (non-hydrogen) atoms. The Morgan fingerprint density at radius 3 is 2.88 bits per heavy atom. The van der Waals surface area contributed by atoms with Crippen LogP contribution in [0.4, 0.5) is 5.69 Å². The number of fused-ring (bicyclic) bond motifs is 2. The zero-order valence-electron chi connectivity index (χ0n) is 13.4. The van der Waals surface area contributed by atoms with E-state index in [1.54, 1.807) is 43.3 Å². The van der Waals surface area contributed by atoms with Crippen LogP contribution in [0, 0.1) is 6.92 Å². The summed E-state index contributed by atoms with van der Waals surface area (Å²) in [6.45, 7) is 2.19. The highest BCUT2D eigenvalue weighted by Gasteiger charge is 2.21. The van der Waals surface area contributed by atoms with Gasteiger partial charge in [0, 0.05) is 28.1 Å². The lowest BCUT2D eigenvalue weighted by molar-refractivity contribution is 0.0931. The largest absolute Gasteiger partial charge is 0.492 e. The van der Waals surface area contributed by atoms with Crippen molar-refractivity contribution in [2.45, 2.75) is 13.3 Å². The van der Waals surface area contributed by atoms with Crippen LogP contribution < -0.4 is 10.1 Å². The Balaban J connectivity index is 1.65. The Morgan fingerprint density at radius 2 is 2.04 bits per heavy atom. The molecule has 0 saturated carbocycles. The summed E-state index contributed by atoms with van der Waals surface area (Å²) in [5.74, 6) is 0.391. The number of ether oxygens (including phenoxy) is 1. The third-order valence-electron chi connectivity index (χ3n) is 4.23. The van der Waals surface area contributed by atoms with Crippen LogP contribution in [-0.2, 0) is 0 Å². The van der Waals surface area contributed by atoms with Crippen LogP contribution in [-0.4, -0.2) is 18.3 Å². The summed E-state index contributed by atoms with van der Waals surface area (Å²) in [5, 5.41) is 4.15. The molecule has 1 amide bonds. The number of ketones is 1. The van der Waals surface area contributed by atoms with Gasteiger partial charge in [0.25, 0.3) is 5.91 Å². The number of furan rings is 1. The zero-order valence-corrected chi connectivity index (χ0v) is 14.1. The molecule has 0 radical (unpaired) electrons. The van der Waals surface area contributed by atoms with E-state index in [2.05, 4.69) is 5.32 Å². The second kappa shape index (κ2) is 5.93. The number of nitrogens with one attached hydrogen (secondary N) is 1. The molecule has 0 bridgehead atoms. The fourth-order valence-corrected chi connectivity index (χ4v) is 3.11. The summed E-state index contributed by atoms with van der Waals surface area (Å²) < 4.78 is 11.1. The number of Topliss-reactive ketones (excluding diaryl/α,β-unsaturated/α-hetero) is 1. The van der Waals surface area contributed by atoms with Gasteiger partial charge in [0.2, 0.25) is 0 Å². The fraction of sp³-hybridized carbons (Fsp3) is 0.158. The molecule has 1 aliphatic rings. The minimum absolute atomic E-state index is 0.00640. The smallest absolute Gasteiger partial charge is 0.291 e. The molecule has 0 spiro atoms. The number of carbonyl (C=O) groups excluding carboxylic acids is 2. The van der Waals surface area contributed by atoms with Crippen molar-refractivity contribution in [2.75, 3.05) is 11.9 Å². The quantitative estimate of drug-likeness (QED) is 0.728. The average molecular weight is 356 g/mol. The van der Waals surface area contributed by atoms with E-state index in [-0.39, 0.29) is 17.5 Å². The SMILES string of the molecule is Cc1c(C(=O)Nc2ccc3c(c2)C(=O)CCO3)oc2ccc(Cl)cc12. The maximum absolute atomic E-state index is 12.6. The van der Waals surface area contributed by atoms with E-state index in [9.17, 15) is 9.59 Å². The van der Waals surface area contributed by atoms with E-state index in [4.69, 9.17) is 20.8 Å². The van der Waals surface area contributed by atoms with Crippen molar-refractivity contribution < 1.29 is 18.7 Å². The van der Waals surface area contributed by atoms with Crippen molar-refractivity contribution >= 4 is 39.9 Å². The van der Waals surface area contributed by atoms with Crippen LogP contribution in [0.2, 0.25) is 5.02 Å². The van der Waals surface area contributed by atoms with E-state index in [0.29, 0.717) is 46.2 Å². The summed E-state index contributed by atoms with van der Waals surface area (Å²) in [5.41, 5.74) is 2.31. The maximum atomic E-state index is 12.6. The van der Waals surface area contributed by atoms with Gasteiger partial charge in [-0.3, -0.25) is 9.59 Å². The average Bonchev–Trinajstić information content (AvgIpc) is 2.92. The van der Waals surface area contributed by atoms with Gasteiger partial charge in [-0.2, -0.15) is 0 Å². The van der Waals surface area contributed by atoms with Gasteiger partial charge in [0.15, 0.2) is 11.5 Å². The summed E-state index contributed by atoms with van der Waals surface area (Å²) in [6.07, 6.45) is 0.341. The summed E-state index contributed by atoms with van der Waals surface area (Å²) in [6, 6.07) is 10.2. The van der Waals surface area contributed by atoms with Gasteiger partial charge < -0.3 is 14.5 Å². The number of hydrogen-bond acceptors (Lipinski definition) is 4. The first-order valence-corrected chi connectivity index (χ1v) is 8.21. The Hall–Kier alpha value is -2.79. The van der Waals surface area contributed by atoms with Crippen LogP contribution >= 0.6 is 11.6 Å². The number of hydrogen-bond donors (Lipinski definition) is 1. The molecular weight excluding hydrogens is 342 g/mol. The standard InChI is InChI=1S/C19H14ClNO4/c1-10-13-8-11(20)2-4-17(13)25-18(10)19(23)21-12-3-5-16-14(9-12)15(22)6-7-24-16/h2-5,8-9H,6-7H2,1H3,(H,21,23). The van der Waals surface area contributed by atoms with Gasteiger partial charge in [0.1, 0.15) is 11.3 Å². The van der Waals surface area contributed by atoms with Gasteiger partial charge in [-0.15, -0.1) is 0 Å². The topological polar surface area (TPSA) is 68.5 Å². The first kappa shape index (κ1) is 15.7. The zero-order chi connectivity index (χ0) is 17.6. The van der Waals surface area contributed by atoms with Gasteiger partial charge >= 0.3 is 0 Å². The highest BCUT2D eigenvalue weighted by molar-refractivity contribution is 6.31. The van der Waals surface area contributed by atoms with Crippen molar-refractivity contribution in [1.29, 1.82) is 0 Å². The number of carbonyl (C=O) groups is 2. The van der Waals surface area contributed by atoms with E-state index < -0.39 is 0 Å². The summed E-state index contributed by atoms with van der Waals surface area (Å²) >= 11 is 6.00. The van der Waals surface area contributed by atoms with Gasteiger partial charge in [-0.25, -0.2) is 0 Å². The van der Waals surface area contributed by atoms with Crippen LogP contribution in [0.15, 0.2) is 40.8 Å². The molecule has 2 aromatic carbocycles. The number of anilines is 1. The van der Waals surface area contributed by atoms with Crippen LogP contribution in [0.3, 0.4) is 0 Å². The minimum atomic E-state index is -0.381. The Bertz CT molecular complexity index is 1020. The highest BCUT2D eigenvalue weighted by atomic mass is 35.5. The molecule has 4 rings (SSSR count). The molecule has 0 unspecified atom stereocenters. The van der Waals surface area contributed by atoms with Crippen LogP contribution in [0.5, 0.6) is 5.75 Å². The van der Waals surface area contributed by atoms with Crippen molar-refractivity contribution in [3.05, 3.63) is 58.3 Å². The molecule has 2 heterocycles. The molecule has 126 valence electrons. The van der Waals surface area contributed by atoms with E-state index in [1.807, 2.05) is 0 Å². The molecular formula is C19H14ClNO4. The van der Waals surface area contributed by atoms with Crippen molar-refractivity contribution in [2.24, 2.45) is 0 Å². The van der Waals surface area contributed by atoms with Crippen molar-refractivity contribution in [3.8, 4) is 5.75 Å². The molecule has 6 heteroatoms. The first-order chi connectivity index (χ1) is 12.0. The summed E-state index contributed by atoms with van der Waals surface area (Å²) in [7, 11) is 0. The van der Waals surface area contributed by atoms with Crippen LogP contribution in [0.1, 0.15) is 32.9 Å². The number of benzene rings is 2. The Morgan fingerprint density at radius 1 is 1.20 bits per heavy atom. The second-order valence-corrected chi connectivity index (χ2v) is 6.32. The number of rotatable bonds is 2. The third kappa shape index (κ3) is 2.76. The Labute approximate surface area is 148 Å². The molecule has 5 nitrogen and oxygen atoms in total. The molecule has 1 aromatic heterocycles. The number of aryl methyl sites for hydroxylation is 1. The molecule has 0 saturated heterocycles. The minimum Gasteiger partial charge on any atom is -0.492 e. The Kier molecular flexibility index (Phi) is 3.73. The van der Waals surface area contributed by atoms with Gasteiger partial charge in [-0.1, -0.05) is 11.6 Å². The second-order valence-electron chi connectivity index (χ2n) is 5.88. The predicted octanol–water partition coefficient (Wildman–Crippen LogP) is 4.61. The molecule has 0 fully saturated rings. The van der Waals surface area contributed by atoms with E-state index in [1.165, 1.54) is 0 Å². The summed E-state index contributed by atoms with van der Waals surface area (Å²) in [4.78, 5) is 24.6. The lowest BCUT2D eigenvalue weighted by atomic mass is 10.0. The third-order valence-corrected chi connectivity index (χ3v) is 4.46. The van der Waals surface area contributed by atoms with E-state index in [0.717, 1.165) is 5.39 Å². The van der Waals surface area contributed by atoms with Crippen molar-refractivity contribution in [3.63, 3.8) is 0 Å². The molecule has 1 aliphatic heterocycles. The van der Waals surface area contributed by atoms with Gasteiger partial charge in [0.05, 0.1) is 12.2 Å². The first-order valence-electron chi connectivity index (χ1n) is 7.83. The maximum Gasteiger partial charge on any atom is 0.291 e. The molecule has 0 atom stereocenters. The number of amides is 1. The van der Waals surface area contributed by atoms with Crippen molar-refractivity contribution in [1.82, 2.24) is 0 Å². The monoisotopic (exact) mass is 355 g/mol.